The first-order valence-corrected chi connectivity index (χ1v) is 6.61. The molecule has 1 unspecified atom stereocenters. The normalized spacial score (nSPS) is 11.6. The van der Waals surface area contributed by atoms with Crippen molar-refractivity contribution in [2.75, 3.05) is 27.4 Å². The highest BCUT2D eigenvalue weighted by atomic mass is 16.5. The molecular weight excluding hydrogens is 274 g/mol. The molecule has 1 aromatic carbocycles. The molecule has 0 aliphatic carbocycles. The van der Waals surface area contributed by atoms with Crippen LogP contribution < -0.4 is 14.8 Å². The molecular formula is C15H21NO5. The summed E-state index contributed by atoms with van der Waals surface area (Å²) in [7, 11) is 3.08. The fraction of sp³-hybridized carbons (Fsp3) is 0.467. The summed E-state index contributed by atoms with van der Waals surface area (Å²) in [5.74, 6) is 0.474. The Morgan fingerprint density at radius 1 is 1.29 bits per heavy atom. The lowest BCUT2D eigenvalue weighted by Gasteiger charge is -2.17. The van der Waals surface area contributed by atoms with E-state index in [4.69, 9.17) is 14.2 Å². The van der Waals surface area contributed by atoms with Gasteiger partial charge in [-0.05, 0) is 26.0 Å². The van der Waals surface area contributed by atoms with Crippen molar-refractivity contribution in [3.63, 3.8) is 0 Å². The van der Waals surface area contributed by atoms with Gasteiger partial charge in [-0.25, -0.2) is 0 Å². The number of hydrogen-bond acceptors (Lipinski definition) is 5. The highest BCUT2D eigenvalue weighted by molar-refractivity contribution is 5.97. The Balaban J connectivity index is 2.80. The minimum atomic E-state index is -0.730. The summed E-state index contributed by atoms with van der Waals surface area (Å²) in [6.45, 7) is 3.89. The van der Waals surface area contributed by atoms with E-state index >= 15 is 0 Å². The van der Waals surface area contributed by atoms with Crippen LogP contribution in [0.25, 0.3) is 0 Å². The Morgan fingerprint density at radius 3 is 2.57 bits per heavy atom. The number of nitrogens with one attached hydrogen (secondary N) is 1. The van der Waals surface area contributed by atoms with Crippen molar-refractivity contribution in [3.05, 3.63) is 23.8 Å². The second kappa shape index (κ2) is 8.26. The largest absolute Gasteiger partial charge is 0.497 e. The van der Waals surface area contributed by atoms with Gasteiger partial charge in [-0.1, -0.05) is 0 Å². The van der Waals surface area contributed by atoms with E-state index in [9.17, 15) is 9.59 Å². The van der Waals surface area contributed by atoms with Crippen LogP contribution in [0.1, 0.15) is 24.2 Å². The van der Waals surface area contributed by atoms with Crippen LogP contribution in [0.2, 0.25) is 0 Å². The number of methoxy groups -OCH3 is 2. The number of amides is 1. The summed E-state index contributed by atoms with van der Waals surface area (Å²) >= 11 is 0. The minimum Gasteiger partial charge on any atom is -0.497 e. The third kappa shape index (κ3) is 5.07. The molecule has 21 heavy (non-hydrogen) atoms. The van der Waals surface area contributed by atoms with Gasteiger partial charge in [-0.2, -0.15) is 0 Å². The molecule has 0 saturated heterocycles. The fourth-order valence-corrected chi connectivity index (χ4v) is 1.68. The van der Waals surface area contributed by atoms with E-state index in [1.807, 2.05) is 0 Å². The monoisotopic (exact) mass is 295 g/mol. The van der Waals surface area contributed by atoms with E-state index in [-0.39, 0.29) is 11.7 Å². The Kier molecular flexibility index (Phi) is 6.68. The van der Waals surface area contributed by atoms with Gasteiger partial charge in [0.15, 0.2) is 11.9 Å². The molecule has 0 fully saturated rings. The van der Waals surface area contributed by atoms with Crippen LogP contribution in [0.3, 0.4) is 0 Å². The molecule has 0 saturated carbocycles. The number of ether oxygens (including phenoxy) is 3. The van der Waals surface area contributed by atoms with Crippen LogP contribution in [-0.4, -0.2) is 45.2 Å². The van der Waals surface area contributed by atoms with E-state index in [0.717, 1.165) is 0 Å². The van der Waals surface area contributed by atoms with Gasteiger partial charge in [0.25, 0.3) is 5.91 Å². The lowest BCUT2D eigenvalue weighted by molar-refractivity contribution is -0.127. The standard InChI is InChI=1S/C15H21NO5/c1-10(17)13-6-5-12(20-4)9-14(13)21-11(2)15(18)16-7-8-19-3/h5-6,9,11H,7-8H2,1-4H3,(H,16,18). The molecule has 0 radical (unpaired) electrons. The zero-order valence-corrected chi connectivity index (χ0v) is 12.8. The van der Waals surface area contributed by atoms with Crippen molar-refractivity contribution in [2.24, 2.45) is 0 Å². The van der Waals surface area contributed by atoms with Gasteiger partial charge in [-0.15, -0.1) is 0 Å². The van der Waals surface area contributed by atoms with Crippen molar-refractivity contribution in [1.29, 1.82) is 0 Å². The van der Waals surface area contributed by atoms with Crippen molar-refractivity contribution in [2.45, 2.75) is 20.0 Å². The third-order valence-corrected chi connectivity index (χ3v) is 2.85. The molecule has 0 spiro atoms. The first-order chi connectivity index (χ1) is 9.99. The summed E-state index contributed by atoms with van der Waals surface area (Å²) in [6, 6.07) is 4.88. The molecule has 0 heterocycles. The summed E-state index contributed by atoms with van der Waals surface area (Å²) in [5, 5.41) is 2.68. The molecule has 0 aromatic heterocycles. The van der Waals surface area contributed by atoms with Gasteiger partial charge in [0.1, 0.15) is 11.5 Å². The van der Waals surface area contributed by atoms with E-state index in [2.05, 4.69) is 5.32 Å². The molecule has 0 aliphatic heterocycles. The molecule has 0 bridgehead atoms. The summed E-state index contributed by atoms with van der Waals surface area (Å²) < 4.78 is 15.5. The predicted octanol–water partition coefficient (Wildman–Crippen LogP) is 1.43. The Hall–Kier alpha value is -2.08. The van der Waals surface area contributed by atoms with Gasteiger partial charge in [0.05, 0.1) is 19.3 Å². The maximum atomic E-state index is 11.8. The van der Waals surface area contributed by atoms with E-state index in [0.29, 0.717) is 30.2 Å². The molecule has 1 aromatic rings. The summed E-state index contributed by atoms with van der Waals surface area (Å²) in [6.07, 6.45) is -0.730. The lowest BCUT2D eigenvalue weighted by Crippen LogP contribution is -2.38. The quantitative estimate of drug-likeness (QED) is 0.580. The Bertz CT molecular complexity index is 501. The minimum absolute atomic E-state index is 0.139. The highest BCUT2D eigenvalue weighted by Gasteiger charge is 2.18. The number of Topliss-reactive ketones (excluding diaryl/α,β-unsaturated/α-hetero) is 1. The van der Waals surface area contributed by atoms with Crippen LogP contribution in [-0.2, 0) is 9.53 Å². The molecule has 1 rings (SSSR count). The molecule has 1 amide bonds. The van der Waals surface area contributed by atoms with Crippen LogP contribution in [0, 0.1) is 0 Å². The van der Waals surface area contributed by atoms with Gasteiger partial charge >= 0.3 is 0 Å². The van der Waals surface area contributed by atoms with Crippen molar-refractivity contribution < 1.29 is 23.8 Å². The van der Waals surface area contributed by atoms with Gasteiger partial charge in [-0.3, -0.25) is 9.59 Å². The number of benzene rings is 1. The van der Waals surface area contributed by atoms with Crippen LogP contribution in [0.4, 0.5) is 0 Å². The predicted molar refractivity (Wildman–Crippen MR) is 78.0 cm³/mol. The van der Waals surface area contributed by atoms with Crippen LogP contribution in [0.15, 0.2) is 18.2 Å². The Labute approximate surface area is 124 Å². The molecule has 6 heteroatoms. The first kappa shape index (κ1) is 17.0. The number of rotatable bonds is 8. The zero-order valence-electron chi connectivity index (χ0n) is 12.8. The topological polar surface area (TPSA) is 73.9 Å². The first-order valence-electron chi connectivity index (χ1n) is 6.61. The van der Waals surface area contributed by atoms with Crippen molar-refractivity contribution in [3.8, 4) is 11.5 Å². The maximum Gasteiger partial charge on any atom is 0.260 e. The smallest absolute Gasteiger partial charge is 0.260 e. The molecule has 116 valence electrons. The Morgan fingerprint density at radius 2 is 2.00 bits per heavy atom. The van der Waals surface area contributed by atoms with Crippen molar-refractivity contribution in [1.82, 2.24) is 5.32 Å². The number of carbonyl (C=O) groups is 2. The average molecular weight is 295 g/mol. The zero-order chi connectivity index (χ0) is 15.8. The maximum absolute atomic E-state index is 11.8. The molecule has 0 aliphatic rings. The van der Waals surface area contributed by atoms with Gasteiger partial charge in [0, 0.05) is 19.7 Å². The van der Waals surface area contributed by atoms with Gasteiger partial charge in [0.2, 0.25) is 0 Å². The SMILES string of the molecule is COCCNC(=O)C(C)Oc1cc(OC)ccc1C(C)=O. The van der Waals surface area contributed by atoms with Gasteiger partial charge < -0.3 is 19.5 Å². The number of carbonyl (C=O) groups excluding carboxylic acids is 2. The second-order valence-electron chi connectivity index (χ2n) is 4.46. The molecule has 6 nitrogen and oxygen atoms in total. The summed E-state index contributed by atoms with van der Waals surface area (Å²) in [5.41, 5.74) is 0.410. The fourth-order valence-electron chi connectivity index (χ4n) is 1.68. The third-order valence-electron chi connectivity index (χ3n) is 2.85. The summed E-state index contributed by atoms with van der Waals surface area (Å²) in [4.78, 5) is 23.4. The van der Waals surface area contributed by atoms with E-state index in [1.165, 1.54) is 14.0 Å². The highest BCUT2D eigenvalue weighted by Crippen LogP contribution is 2.26. The van der Waals surface area contributed by atoms with E-state index in [1.54, 1.807) is 32.2 Å². The van der Waals surface area contributed by atoms with Crippen LogP contribution >= 0.6 is 0 Å². The second-order valence-corrected chi connectivity index (χ2v) is 4.46. The van der Waals surface area contributed by atoms with Crippen LogP contribution in [0.5, 0.6) is 11.5 Å². The molecule has 1 N–H and O–H groups in total. The number of ketones is 1. The number of hydrogen-bond donors (Lipinski definition) is 1. The van der Waals surface area contributed by atoms with E-state index < -0.39 is 6.10 Å². The lowest BCUT2D eigenvalue weighted by atomic mass is 10.1. The molecule has 1 atom stereocenters. The average Bonchev–Trinajstić information content (AvgIpc) is 2.46. The van der Waals surface area contributed by atoms with Crippen molar-refractivity contribution >= 4 is 11.7 Å².